The van der Waals surface area contributed by atoms with Crippen molar-refractivity contribution in [2.45, 2.75) is 0 Å². The summed E-state index contributed by atoms with van der Waals surface area (Å²) in [5, 5.41) is 4.19. The summed E-state index contributed by atoms with van der Waals surface area (Å²) in [6.07, 6.45) is 0. The van der Waals surface area contributed by atoms with E-state index in [9.17, 15) is 0 Å². The summed E-state index contributed by atoms with van der Waals surface area (Å²) in [5.74, 6) is 1.76. The van der Waals surface area contributed by atoms with Crippen LogP contribution in [0.5, 0.6) is 0 Å². The molecule has 55 heavy (non-hydrogen) atoms. The Morgan fingerprint density at radius 3 is 1.40 bits per heavy atom. The van der Waals surface area contributed by atoms with Gasteiger partial charge in [-0.05, 0) is 23.3 Å². The highest BCUT2D eigenvalue weighted by Crippen LogP contribution is 2.43. The second-order valence-electron chi connectivity index (χ2n) is 14.5. The number of hydrogen-bond donors (Lipinski definition) is 0. The first-order valence-corrected chi connectivity index (χ1v) is 18.7. The van der Waals surface area contributed by atoms with Crippen molar-refractivity contribution < 1.29 is 8.83 Å². The zero-order chi connectivity index (χ0) is 37.4. The van der Waals surface area contributed by atoms with Crippen molar-refractivity contribution in [3.8, 4) is 56.4 Å². The molecule has 10 rings (SSSR count). The van der Waals surface area contributed by atoms with Gasteiger partial charge in [0.1, 0.15) is 61.6 Å². The predicted molar refractivity (Wildman–Crippen MR) is 242 cm³/mol. The van der Waals surface area contributed by atoms with Crippen LogP contribution >= 0.6 is 0 Å². The lowest BCUT2D eigenvalue weighted by Crippen LogP contribution is -2.55. The van der Waals surface area contributed by atoms with Crippen LogP contribution in [0.1, 0.15) is 0 Å². The summed E-state index contributed by atoms with van der Waals surface area (Å²) >= 11 is 0. The molecule has 0 spiro atoms. The molecule has 0 amide bonds. The van der Waals surface area contributed by atoms with Gasteiger partial charge in [0.2, 0.25) is 0 Å². The van der Waals surface area contributed by atoms with Crippen molar-refractivity contribution in [1.29, 1.82) is 0 Å². The second kappa shape index (κ2) is 12.8. The van der Waals surface area contributed by atoms with E-state index in [0.29, 0.717) is 17.5 Å². The molecule has 0 aliphatic heterocycles. The fourth-order valence-electron chi connectivity index (χ4n) is 8.23. The summed E-state index contributed by atoms with van der Waals surface area (Å²) in [4.78, 5) is 15.3. The van der Waals surface area contributed by atoms with Crippen LogP contribution in [0.15, 0.2) is 142 Å². The van der Waals surface area contributed by atoms with E-state index in [1.165, 1.54) is 38.4 Å². The van der Waals surface area contributed by atoms with E-state index in [4.69, 9.17) is 23.8 Å². The Morgan fingerprint density at radius 2 is 0.764 bits per heavy atom. The SMILES string of the molecule is Bc1c(B)c(B)c(-c2ccc(-c3nc(-c4ccccc4)nc(-c4cccc5c4oc4c(-c6cccc7c6oc6ccccc67)cccc45)n3)cc2)c(B)c1B. The fourth-order valence-corrected chi connectivity index (χ4v) is 8.23. The molecular formula is C45H32B5N3O2. The lowest BCUT2D eigenvalue weighted by Gasteiger charge is -2.20. The van der Waals surface area contributed by atoms with Gasteiger partial charge in [0.25, 0.3) is 0 Å². The van der Waals surface area contributed by atoms with Gasteiger partial charge in [-0.15, -0.1) is 16.4 Å². The summed E-state index contributed by atoms with van der Waals surface area (Å²) in [6.45, 7) is 0. The largest absolute Gasteiger partial charge is 0.455 e. The molecule has 0 aliphatic carbocycles. The number of para-hydroxylation sites is 4. The van der Waals surface area contributed by atoms with Crippen LogP contribution in [-0.2, 0) is 0 Å². The third-order valence-electron chi connectivity index (χ3n) is 11.6. The molecule has 0 fully saturated rings. The van der Waals surface area contributed by atoms with E-state index in [-0.39, 0.29) is 0 Å². The van der Waals surface area contributed by atoms with Crippen molar-refractivity contribution in [3.05, 3.63) is 133 Å². The van der Waals surface area contributed by atoms with Crippen molar-refractivity contribution in [1.82, 2.24) is 15.0 Å². The minimum Gasteiger partial charge on any atom is -0.455 e. The van der Waals surface area contributed by atoms with Gasteiger partial charge >= 0.3 is 0 Å². The standard InChI is InChI=1S/C45H32B5N3O2/c46-35-34(36(47)38(49)39(50)37(35)48)23-19-21-25(22-20-23)44-51-43(24-9-2-1-3-10-24)52-45(53-44)32-17-8-16-31-30-15-7-14-29(41(30)55-42(31)32)28-13-6-12-27-26-11-4-5-18-33(26)54-40(27)28/h1-22H,46-50H2. The van der Waals surface area contributed by atoms with Crippen LogP contribution in [0, 0.1) is 0 Å². The Labute approximate surface area is 322 Å². The van der Waals surface area contributed by atoms with Gasteiger partial charge in [0, 0.05) is 43.8 Å². The molecule has 7 aromatic carbocycles. The molecule has 10 heteroatoms. The zero-order valence-corrected chi connectivity index (χ0v) is 31.4. The van der Waals surface area contributed by atoms with Gasteiger partial charge in [-0.25, -0.2) is 15.0 Å². The Kier molecular flexibility index (Phi) is 7.70. The molecule has 0 aliphatic rings. The van der Waals surface area contributed by atoms with Crippen LogP contribution in [0.2, 0.25) is 0 Å². The molecule has 254 valence electrons. The summed E-state index contributed by atoms with van der Waals surface area (Å²) in [7, 11) is 11.1. The third-order valence-corrected chi connectivity index (χ3v) is 11.6. The average Bonchev–Trinajstić information content (AvgIpc) is 3.82. The van der Waals surface area contributed by atoms with Crippen LogP contribution in [-0.4, -0.2) is 54.2 Å². The quantitative estimate of drug-likeness (QED) is 0.258. The van der Waals surface area contributed by atoms with Gasteiger partial charge in [-0.1, -0.05) is 132 Å². The Morgan fingerprint density at radius 1 is 0.327 bits per heavy atom. The van der Waals surface area contributed by atoms with Gasteiger partial charge in [-0.2, -0.15) is 0 Å². The molecular weight excluding hydrogens is 669 g/mol. The van der Waals surface area contributed by atoms with Gasteiger partial charge in [0.05, 0.1) is 5.56 Å². The minimum atomic E-state index is 0.551. The van der Waals surface area contributed by atoms with Crippen molar-refractivity contribution in [2.24, 2.45) is 0 Å². The zero-order valence-electron chi connectivity index (χ0n) is 31.4. The Bertz CT molecular complexity index is 3130. The number of benzene rings is 7. The maximum atomic E-state index is 6.91. The van der Waals surface area contributed by atoms with Crippen molar-refractivity contribution in [2.75, 3.05) is 0 Å². The Hall–Kier alpha value is -6.53. The van der Waals surface area contributed by atoms with Crippen LogP contribution < -0.4 is 27.3 Å². The van der Waals surface area contributed by atoms with Gasteiger partial charge in [-0.3, -0.25) is 0 Å². The number of rotatable bonds is 5. The summed E-state index contributed by atoms with van der Waals surface area (Å²) in [5.41, 5.74) is 17.0. The first-order chi connectivity index (χ1) is 26.9. The predicted octanol–water partition coefficient (Wildman–Crippen LogP) is 3.30. The highest BCUT2D eigenvalue weighted by Gasteiger charge is 2.21. The molecule has 0 saturated carbocycles. The molecule has 0 radical (unpaired) electrons. The number of aromatic nitrogens is 3. The lowest BCUT2D eigenvalue weighted by atomic mass is 9.59. The molecule has 5 nitrogen and oxygen atoms in total. The molecule has 0 N–H and O–H groups in total. The molecule has 0 unspecified atom stereocenters. The van der Waals surface area contributed by atoms with Crippen LogP contribution in [0.3, 0.4) is 0 Å². The minimum absolute atomic E-state index is 0.551. The monoisotopic (exact) mass is 701 g/mol. The smallest absolute Gasteiger partial charge is 0.167 e. The number of hydrogen-bond acceptors (Lipinski definition) is 5. The average molecular weight is 701 g/mol. The molecule has 10 aromatic rings. The highest BCUT2D eigenvalue weighted by molar-refractivity contribution is 6.68. The fraction of sp³-hybridized carbons (Fsp3) is 0. The van der Waals surface area contributed by atoms with E-state index < -0.39 is 0 Å². The highest BCUT2D eigenvalue weighted by atomic mass is 16.3. The molecule has 3 heterocycles. The number of furan rings is 2. The molecule has 0 saturated heterocycles. The summed E-state index contributed by atoms with van der Waals surface area (Å²) in [6, 6.07) is 45.7. The van der Waals surface area contributed by atoms with Crippen LogP contribution in [0.25, 0.3) is 100 Å². The van der Waals surface area contributed by atoms with Gasteiger partial charge < -0.3 is 8.83 Å². The molecule has 3 aromatic heterocycles. The normalized spacial score (nSPS) is 11.6. The van der Waals surface area contributed by atoms with Crippen LogP contribution in [0.4, 0.5) is 0 Å². The van der Waals surface area contributed by atoms with E-state index >= 15 is 0 Å². The van der Waals surface area contributed by atoms with E-state index in [2.05, 4.69) is 118 Å². The number of nitrogens with zero attached hydrogens (tertiary/aromatic N) is 3. The maximum Gasteiger partial charge on any atom is 0.167 e. The van der Waals surface area contributed by atoms with Crippen molar-refractivity contribution in [3.63, 3.8) is 0 Å². The van der Waals surface area contributed by atoms with Crippen molar-refractivity contribution >= 4 is 110 Å². The Balaban J connectivity index is 1.14. The van der Waals surface area contributed by atoms with E-state index in [0.717, 1.165) is 71.7 Å². The lowest BCUT2D eigenvalue weighted by molar-refractivity contribution is 0.665. The van der Waals surface area contributed by atoms with E-state index in [1.807, 2.05) is 54.6 Å². The van der Waals surface area contributed by atoms with E-state index in [1.54, 1.807) is 0 Å². The second-order valence-corrected chi connectivity index (χ2v) is 14.5. The first-order valence-electron chi connectivity index (χ1n) is 18.7. The summed E-state index contributed by atoms with van der Waals surface area (Å²) < 4.78 is 13.4. The maximum absolute atomic E-state index is 6.91. The molecule has 0 atom stereocenters. The first kappa shape index (κ1) is 33.1. The topological polar surface area (TPSA) is 65.0 Å². The van der Waals surface area contributed by atoms with Gasteiger partial charge in [0.15, 0.2) is 17.5 Å². The molecule has 0 bridgehead atoms. The number of fused-ring (bicyclic) bond motifs is 6. The third kappa shape index (κ3) is 5.27.